The monoisotopic (exact) mass is 321 g/mol. The van der Waals surface area contributed by atoms with Crippen LogP contribution in [0.1, 0.15) is 31.2 Å². The van der Waals surface area contributed by atoms with Gasteiger partial charge in [0.15, 0.2) is 5.82 Å². The molecule has 3 aromatic rings. The smallest absolute Gasteiger partial charge is 0.150 e. The molecule has 0 radical (unpaired) electrons. The lowest BCUT2D eigenvalue weighted by molar-refractivity contribution is 0.126. The molecule has 0 spiro atoms. The lowest BCUT2D eigenvalue weighted by Crippen LogP contribution is -2.28. The van der Waals surface area contributed by atoms with Crippen LogP contribution >= 0.6 is 0 Å². The Morgan fingerprint density at radius 2 is 1.79 bits per heavy atom. The van der Waals surface area contributed by atoms with Crippen LogP contribution in [0.2, 0.25) is 0 Å². The number of aliphatic hydroxyl groups excluding tert-OH is 1. The van der Waals surface area contributed by atoms with Crippen molar-refractivity contribution in [2.24, 2.45) is 0 Å². The average molecular weight is 321 g/mol. The number of aliphatic hydroxyl groups is 1. The highest BCUT2D eigenvalue weighted by Crippen LogP contribution is 2.28. The Balaban J connectivity index is 1.65. The van der Waals surface area contributed by atoms with E-state index in [-0.39, 0.29) is 6.10 Å². The number of aromatic nitrogens is 2. The van der Waals surface area contributed by atoms with Crippen LogP contribution in [0.3, 0.4) is 0 Å². The van der Waals surface area contributed by atoms with Crippen molar-refractivity contribution in [1.82, 2.24) is 9.38 Å². The number of rotatable bonds is 3. The van der Waals surface area contributed by atoms with Crippen molar-refractivity contribution in [3.05, 3.63) is 54.4 Å². The molecule has 1 aliphatic rings. The molecular formula is C20H23N3O. The van der Waals surface area contributed by atoms with Gasteiger partial charge in [0, 0.05) is 18.4 Å². The van der Waals surface area contributed by atoms with Gasteiger partial charge in [-0.1, -0.05) is 29.8 Å². The van der Waals surface area contributed by atoms with Crippen LogP contribution in [-0.2, 0) is 0 Å². The summed E-state index contributed by atoms with van der Waals surface area (Å²) in [6.07, 6.45) is 7.47. The Morgan fingerprint density at radius 3 is 2.54 bits per heavy atom. The van der Waals surface area contributed by atoms with Crippen LogP contribution in [-0.4, -0.2) is 26.6 Å². The first kappa shape index (κ1) is 15.2. The average Bonchev–Trinajstić information content (AvgIpc) is 3.03. The molecule has 4 rings (SSSR count). The van der Waals surface area contributed by atoms with Crippen LogP contribution in [0.4, 0.5) is 5.82 Å². The Kier molecular flexibility index (Phi) is 3.98. The van der Waals surface area contributed by atoms with Crippen LogP contribution in [0.15, 0.2) is 48.8 Å². The van der Waals surface area contributed by atoms with E-state index in [1.165, 1.54) is 16.8 Å². The summed E-state index contributed by atoms with van der Waals surface area (Å²) >= 11 is 0. The number of anilines is 1. The molecular weight excluding hydrogens is 298 g/mol. The predicted octanol–water partition coefficient (Wildman–Crippen LogP) is 4.03. The molecule has 0 bridgehead atoms. The molecule has 24 heavy (non-hydrogen) atoms. The third-order valence-corrected chi connectivity index (χ3v) is 4.97. The number of benzene rings is 1. The van der Waals surface area contributed by atoms with Gasteiger partial charge in [-0.15, -0.1) is 0 Å². The van der Waals surface area contributed by atoms with E-state index in [0.29, 0.717) is 6.04 Å². The summed E-state index contributed by atoms with van der Waals surface area (Å²) in [6, 6.07) is 13.3. The third kappa shape index (κ3) is 2.89. The molecule has 2 N–H and O–H groups in total. The van der Waals surface area contributed by atoms with Gasteiger partial charge in [0.25, 0.3) is 0 Å². The first-order chi connectivity index (χ1) is 11.7. The summed E-state index contributed by atoms with van der Waals surface area (Å²) in [6.45, 7) is 2.10. The van der Waals surface area contributed by atoms with Crippen molar-refractivity contribution in [2.45, 2.75) is 44.8 Å². The molecule has 1 aliphatic carbocycles. The zero-order chi connectivity index (χ0) is 16.5. The fourth-order valence-electron chi connectivity index (χ4n) is 3.53. The number of hydrogen-bond acceptors (Lipinski definition) is 3. The molecule has 124 valence electrons. The van der Waals surface area contributed by atoms with E-state index in [9.17, 15) is 5.11 Å². The first-order valence-corrected chi connectivity index (χ1v) is 8.68. The molecule has 1 saturated carbocycles. The minimum atomic E-state index is -0.131. The molecule has 2 aromatic heterocycles. The highest BCUT2D eigenvalue weighted by molar-refractivity contribution is 5.75. The number of nitrogens with one attached hydrogen (secondary N) is 1. The van der Waals surface area contributed by atoms with Crippen molar-refractivity contribution in [3.8, 4) is 11.3 Å². The summed E-state index contributed by atoms with van der Waals surface area (Å²) < 4.78 is 2.19. The van der Waals surface area contributed by atoms with Crippen molar-refractivity contribution < 1.29 is 5.11 Å². The zero-order valence-electron chi connectivity index (χ0n) is 13.9. The number of hydrogen-bond donors (Lipinski definition) is 2. The van der Waals surface area contributed by atoms with Gasteiger partial charge in [0.05, 0.1) is 17.3 Å². The molecule has 0 aliphatic heterocycles. The van der Waals surface area contributed by atoms with Gasteiger partial charge >= 0.3 is 0 Å². The van der Waals surface area contributed by atoms with E-state index < -0.39 is 0 Å². The first-order valence-electron chi connectivity index (χ1n) is 8.68. The maximum atomic E-state index is 9.67. The fourth-order valence-corrected chi connectivity index (χ4v) is 3.53. The lowest BCUT2D eigenvalue weighted by Gasteiger charge is -2.26. The molecule has 2 heterocycles. The quantitative estimate of drug-likeness (QED) is 0.766. The second-order valence-electron chi connectivity index (χ2n) is 6.77. The molecule has 4 nitrogen and oxygen atoms in total. The molecule has 4 heteroatoms. The van der Waals surface area contributed by atoms with Gasteiger partial charge in [-0.25, -0.2) is 4.98 Å². The van der Waals surface area contributed by atoms with E-state index in [2.05, 4.69) is 58.0 Å². The molecule has 0 amide bonds. The minimum absolute atomic E-state index is 0.131. The standard InChI is InChI=1S/C20H23N3O/c1-14-2-4-15(5-3-14)18-10-11-19-20(21-12-13-23(18)19)22-16-6-8-17(24)9-7-16/h2-5,10-13,16-17,24H,6-9H2,1H3,(H,21,22). The highest BCUT2D eigenvalue weighted by Gasteiger charge is 2.20. The van der Waals surface area contributed by atoms with Gasteiger partial charge in [0.2, 0.25) is 0 Å². The van der Waals surface area contributed by atoms with E-state index in [4.69, 9.17) is 0 Å². The van der Waals surface area contributed by atoms with Crippen molar-refractivity contribution in [3.63, 3.8) is 0 Å². The van der Waals surface area contributed by atoms with Gasteiger partial charge < -0.3 is 14.8 Å². The summed E-state index contributed by atoms with van der Waals surface area (Å²) in [7, 11) is 0. The van der Waals surface area contributed by atoms with Crippen molar-refractivity contribution in [2.75, 3.05) is 5.32 Å². The number of aryl methyl sites for hydroxylation is 1. The molecule has 0 saturated heterocycles. The largest absolute Gasteiger partial charge is 0.393 e. The topological polar surface area (TPSA) is 49.6 Å². The van der Waals surface area contributed by atoms with Crippen molar-refractivity contribution >= 4 is 11.3 Å². The SMILES string of the molecule is Cc1ccc(-c2ccc3c(NC4CCC(O)CC4)nccn23)cc1. The van der Waals surface area contributed by atoms with Gasteiger partial charge in [-0.2, -0.15) is 0 Å². The molecule has 1 fully saturated rings. The third-order valence-electron chi connectivity index (χ3n) is 4.97. The Bertz CT molecular complexity index is 830. The predicted molar refractivity (Wildman–Crippen MR) is 97.3 cm³/mol. The molecule has 0 unspecified atom stereocenters. The van der Waals surface area contributed by atoms with Crippen LogP contribution < -0.4 is 5.32 Å². The number of nitrogens with zero attached hydrogens (tertiary/aromatic N) is 2. The minimum Gasteiger partial charge on any atom is -0.393 e. The van der Waals surface area contributed by atoms with E-state index in [0.717, 1.165) is 37.0 Å². The summed E-state index contributed by atoms with van der Waals surface area (Å²) in [4.78, 5) is 4.55. The van der Waals surface area contributed by atoms with Crippen molar-refractivity contribution in [1.29, 1.82) is 0 Å². The summed E-state index contributed by atoms with van der Waals surface area (Å²) in [5.74, 6) is 0.928. The Morgan fingerprint density at radius 1 is 1.04 bits per heavy atom. The number of fused-ring (bicyclic) bond motifs is 1. The Hall–Kier alpha value is -2.33. The van der Waals surface area contributed by atoms with Crippen LogP contribution in [0, 0.1) is 6.92 Å². The highest BCUT2D eigenvalue weighted by atomic mass is 16.3. The fraction of sp³-hybridized carbons (Fsp3) is 0.350. The second kappa shape index (κ2) is 6.29. The van der Waals surface area contributed by atoms with E-state index in [1.54, 1.807) is 0 Å². The van der Waals surface area contributed by atoms with Gasteiger partial charge in [-0.3, -0.25) is 0 Å². The maximum Gasteiger partial charge on any atom is 0.150 e. The van der Waals surface area contributed by atoms with E-state index in [1.807, 2.05) is 12.4 Å². The van der Waals surface area contributed by atoms with Gasteiger partial charge in [-0.05, 0) is 50.3 Å². The van der Waals surface area contributed by atoms with E-state index >= 15 is 0 Å². The second-order valence-corrected chi connectivity index (χ2v) is 6.77. The van der Waals surface area contributed by atoms with Crippen LogP contribution in [0.25, 0.3) is 16.8 Å². The Labute approximate surface area is 142 Å². The summed E-state index contributed by atoms with van der Waals surface area (Å²) in [5.41, 5.74) is 4.75. The lowest BCUT2D eigenvalue weighted by atomic mass is 9.93. The molecule has 1 aromatic carbocycles. The maximum absolute atomic E-state index is 9.67. The summed E-state index contributed by atoms with van der Waals surface area (Å²) in [5, 5.41) is 13.2. The van der Waals surface area contributed by atoms with Gasteiger partial charge in [0.1, 0.15) is 0 Å². The normalized spacial score (nSPS) is 21.1. The molecule has 0 atom stereocenters. The zero-order valence-corrected chi connectivity index (χ0v) is 13.9. The van der Waals surface area contributed by atoms with Crippen LogP contribution in [0.5, 0.6) is 0 Å².